The molecule has 2 aromatic rings. The Bertz CT molecular complexity index is 971. The number of aromatic nitrogens is 3. The van der Waals surface area contributed by atoms with Crippen LogP contribution >= 0.6 is 11.6 Å². The number of rotatable bonds is 6. The van der Waals surface area contributed by atoms with Crippen molar-refractivity contribution in [2.75, 3.05) is 7.11 Å². The van der Waals surface area contributed by atoms with Gasteiger partial charge in [-0.25, -0.2) is 9.48 Å². The molecule has 0 radical (unpaired) electrons. The van der Waals surface area contributed by atoms with Gasteiger partial charge in [0.05, 0.1) is 18.8 Å². The van der Waals surface area contributed by atoms with E-state index in [9.17, 15) is 9.59 Å². The first-order chi connectivity index (χ1) is 15.0. The molecule has 1 aromatic carbocycles. The third-order valence-electron chi connectivity index (χ3n) is 7.32. The Morgan fingerprint density at radius 1 is 1.16 bits per heavy atom. The van der Waals surface area contributed by atoms with Crippen molar-refractivity contribution in [3.05, 3.63) is 46.7 Å². The van der Waals surface area contributed by atoms with Crippen molar-refractivity contribution >= 4 is 23.5 Å². The van der Waals surface area contributed by atoms with Crippen molar-refractivity contribution in [1.29, 1.82) is 0 Å². The highest BCUT2D eigenvalue weighted by Crippen LogP contribution is 2.52. The summed E-state index contributed by atoms with van der Waals surface area (Å²) in [7, 11) is 1.38. The Hall–Kier alpha value is -2.41. The molecule has 3 saturated carbocycles. The number of nitrogens with zero attached hydrogens (tertiary/aromatic N) is 3. The van der Waals surface area contributed by atoms with Gasteiger partial charge in [-0.2, -0.15) is 0 Å². The number of methoxy groups -OCH3 is 1. The molecule has 31 heavy (non-hydrogen) atoms. The molecule has 5 atom stereocenters. The topological polar surface area (TPSA) is 86.1 Å². The van der Waals surface area contributed by atoms with Gasteiger partial charge in [-0.05, 0) is 80.5 Å². The number of esters is 1. The summed E-state index contributed by atoms with van der Waals surface area (Å²) >= 11 is 5.93. The summed E-state index contributed by atoms with van der Waals surface area (Å²) in [6.45, 7) is 0. The highest BCUT2D eigenvalue weighted by atomic mass is 35.5. The lowest BCUT2D eigenvalue weighted by Crippen LogP contribution is -2.47. The lowest BCUT2D eigenvalue weighted by atomic mass is 9.86. The molecule has 7 nitrogen and oxygen atoms in total. The first-order valence-electron chi connectivity index (χ1n) is 11.1. The standard InChI is InChI=1S/C23H27ClN4O3/c1-31-23(30)21(25-22(29)14-4-7-16(24)8-5-14)18-9-6-15-10-17(11-19(15)18)28-12-20(26-27-28)13-2-3-13/h4-5,7-8,12-13,15,17-19,21H,2-3,6,9-11H2,1H3,(H,25,29)/t15-,17-,18-,19+,21?/m1/s1. The van der Waals surface area contributed by atoms with Gasteiger partial charge in [0.2, 0.25) is 0 Å². The zero-order valence-electron chi connectivity index (χ0n) is 17.5. The molecule has 0 aliphatic heterocycles. The number of carbonyl (C=O) groups excluding carboxylic acids is 2. The zero-order chi connectivity index (χ0) is 21.5. The van der Waals surface area contributed by atoms with Gasteiger partial charge in [-0.15, -0.1) is 5.10 Å². The van der Waals surface area contributed by atoms with Crippen LogP contribution in [-0.4, -0.2) is 40.0 Å². The number of benzene rings is 1. The van der Waals surface area contributed by atoms with E-state index in [2.05, 4.69) is 21.8 Å². The third-order valence-corrected chi connectivity index (χ3v) is 7.57. The van der Waals surface area contributed by atoms with Gasteiger partial charge >= 0.3 is 5.97 Å². The molecule has 1 unspecified atom stereocenters. The molecule has 1 N–H and O–H groups in total. The van der Waals surface area contributed by atoms with E-state index in [1.165, 1.54) is 20.0 Å². The molecule has 8 heteroatoms. The summed E-state index contributed by atoms with van der Waals surface area (Å²) in [5, 5.41) is 12.3. The van der Waals surface area contributed by atoms with E-state index < -0.39 is 6.04 Å². The zero-order valence-corrected chi connectivity index (χ0v) is 18.3. The molecule has 1 aromatic heterocycles. The maximum absolute atomic E-state index is 12.8. The van der Waals surface area contributed by atoms with E-state index in [-0.39, 0.29) is 17.8 Å². The molecule has 0 spiro atoms. The predicted molar refractivity (Wildman–Crippen MR) is 115 cm³/mol. The fraction of sp³-hybridized carbons (Fsp3) is 0.565. The normalized spacial score (nSPS) is 28.2. The number of ether oxygens (including phenoxy) is 1. The molecule has 0 saturated heterocycles. The molecule has 5 rings (SSSR count). The van der Waals surface area contributed by atoms with Crippen LogP contribution in [0.5, 0.6) is 0 Å². The molecule has 1 amide bonds. The first-order valence-corrected chi connectivity index (χ1v) is 11.5. The molecule has 0 bridgehead atoms. The molecular weight excluding hydrogens is 416 g/mol. The van der Waals surface area contributed by atoms with Crippen molar-refractivity contribution in [1.82, 2.24) is 20.3 Å². The molecule has 3 aliphatic carbocycles. The molecular formula is C23H27ClN4O3. The number of nitrogens with one attached hydrogen (secondary N) is 1. The molecule has 1 heterocycles. The van der Waals surface area contributed by atoms with Gasteiger partial charge in [0.25, 0.3) is 5.91 Å². The number of hydrogen-bond donors (Lipinski definition) is 1. The van der Waals surface area contributed by atoms with Crippen LogP contribution in [0, 0.1) is 17.8 Å². The van der Waals surface area contributed by atoms with E-state index >= 15 is 0 Å². The Morgan fingerprint density at radius 3 is 2.65 bits per heavy atom. The number of carbonyl (C=O) groups is 2. The fourth-order valence-electron chi connectivity index (χ4n) is 5.56. The van der Waals surface area contributed by atoms with Crippen molar-refractivity contribution < 1.29 is 14.3 Å². The van der Waals surface area contributed by atoms with Crippen LogP contribution in [-0.2, 0) is 9.53 Å². The van der Waals surface area contributed by atoms with Gasteiger partial charge in [-0.3, -0.25) is 4.79 Å². The van der Waals surface area contributed by atoms with Crippen molar-refractivity contribution in [2.45, 2.75) is 56.5 Å². The summed E-state index contributed by atoms with van der Waals surface area (Å²) in [4.78, 5) is 25.5. The van der Waals surface area contributed by atoms with Crippen molar-refractivity contribution in [3.8, 4) is 0 Å². The van der Waals surface area contributed by atoms with Gasteiger partial charge in [0.15, 0.2) is 0 Å². The fourth-order valence-corrected chi connectivity index (χ4v) is 5.69. The van der Waals surface area contributed by atoms with Crippen LogP contribution in [0.15, 0.2) is 30.5 Å². The van der Waals surface area contributed by atoms with Crippen molar-refractivity contribution in [2.24, 2.45) is 17.8 Å². The van der Waals surface area contributed by atoms with Crippen LogP contribution < -0.4 is 5.32 Å². The predicted octanol–water partition coefficient (Wildman–Crippen LogP) is 3.76. The van der Waals surface area contributed by atoms with Gasteiger partial charge in [0.1, 0.15) is 6.04 Å². The number of hydrogen-bond acceptors (Lipinski definition) is 5. The molecule has 164 valence electrons. The summed E-state index contributed by atoms with van der Waals surface area (Å²) < 4.78 is 7.11. The van der Waals surface area contributed by atoms with Gasteiger partial charge < -0.3 is 10.1 Å². The second-order valence-corrected chi connectivity index (χ2v) is 9.61. The lowest BCUT2D eigenvalue weighted by molar-refractivity contribution is -0.144. The highest BCUT2D eigenvalue weighted by Gasteiger charge is 2.49. The first kappa shape index (κ1) is 20.5. The van der Waals surface area contributed by atoms with Gasteiger partial charge in [-0.1, -0.05) is 16.8 Å². The molecule has 3 fully saturated rings. The van der Waals surface area contributed by atoms with Crippen molar-refractivity contribution in [3.63, 3.8) is 0 Å². The van der Waals surface area contributed by atoms with Crippen LogP contribution in [0.4, 0.5) is 0 Å². The highest BCUT2D eigenvalue weighted by molar-refractivity contribution is 6.30. The second kappa shape index (κ2) is 8.26. The van der Waals surface area contributed by atoms with Crippen LogP contribution in [0.2, 0.25) is 5.02 Å². The lowest BCUT2D eigenvalue weighted by Gasteiger charge is -2.27. The number of amides is 1. The average Bonchev–Trinajstić information content (AvgIpc) is 3.18. The summed E-state index contributed by atoms with van der Waals surface area (Å²) in [6, 6.07) is 6.33. The quantitative estimate of drug-likeness (QED) is 0.688. The summed E-state index contributed by atoms with van der Waals surface area (Å²) in [6.07, 6.45) is 8.50. The smallest absolute Gasteiger partial charge is 0.328 e. The monoisotopic (exact) mass is 442 g/mol. The minimum absolute atomic E-state index is 0.0603. The maximum atomic E-state index is 12.8. The summed E-state index contributed by atoms with van der Waals surface area (Å²) in [5.41, 5.74) is 1.59. The maximum Gasteiger partial charge on any atom is 0.328 e. The SMILES string of the molecule is COC(=O)C(NC(=O)c1ccc(Cl)cc1)[C@@H]1CC[C@@H]2C[C@@H](n3cc(C4CC4)nn3)C[C@@H]21. The van der Waals surface area contributed by atoms with E-state index in [1.54, 1.807) is 24.3 Å². The van der Waals surface area contributed by atoms with E-state index in [0.29, 0.717) is 34.4 Å². The molecule has 3 aliphatic rings. The van der Waals surface area contributed by atoms with Crippen LogP contribution in [0.1, 0.15) is 66.5 Å². The van der Waals surface area contributed by atoms with E-state index in [0.717, 1.165) is 31.4 Å². The average molecular weight is 443 g/mol. The second-order valence-electron chi connectivity index (χ2n) is 9.17. The Balaban J connectivity index is 1.30. The van der Waals surface area contributed by atoms with Crippen LogP contribution in [0.3, 0.4) is 0 Å². The number of fused-ring (bicyclic) bond motifs is 1. The number of halogens is 1. The van der Waals surface area contributed by atoms with Gasteiger partial charge in [0, 0.05) is 22.7 Å². The Labute approximate surface area is 186 Å². The summed E-state index contributed by atoms with van der Waals surface area (Å²) in [5.74, 6) is 0.874. The minimum Gasteiger partial charge on any atom is -0.467 e. The van der Waals surface area contributed by atoms with E-state index in [1.807, 2.05) is 4.68 Å². The largest absolute Gasteiger partial charge is 0.467 e. The Morgan fingerprint density at radius 2 is 1.94 bits per heavy atom. The Kier molecular flexibility index (Phi) is 5.46. The minimum atomic E-state index is -0.653. The van der Waals surface area contributed by atoms with E-state index in [4.69, 9.17) is 16.3 Å². The third kappa shape index (κ3) is 4.07. The van der Waals surface area contributed by atoms with Crippen LogP contribution in [0.25, 0.3) is 0 Å².